The van der Waals surface area contributed by atoms with Gasteiger partial charge in [-0.3, -0.25) is 4.98 Å². The van der Waals surface area contributed by atoms with Crippen molar-refractivity contribution in [2.24, 2.45) is 0 Å². The lowest BCUT2D eigenvalue weighted by atomic mass is 9.81. The van der Waals surface area contributed by atoms with E-state index in [9.17, 15) is 4.39 Å². The minimum Gasteiger partial charge on any atom is -0.423 e. The van der Waals surface area contributed by atoms with Gasteiger partial charge in [0.15, 0.2) is 0 Å². The number of hydrogen-bond donors (Lipinski definition) is 2. The van der Waals surface area contributed by atoms with Gasteiger partial charge in [0.1, 0.15) is 5.82 Å². The number of nitrogens with zero attached hydrogens (tertiary/aromatic N) is 2. The van der Waals surface area contributed by atoms with Crippen LogP contribution in [0.1, 0.15) is 0 Å². The van der Waals surface area contributed by atoms with Crippen molar-refractivity contribution in [3.63, 3.8) is 0 Å². The molecule has 0 radical (unpaired) electrons. The number of thiazole rings is 1. The van der Waals surface area contributed by atoms with Crippen LogP contribution in [0.2, 0.25) is 0 Å². The zero-order valence-electron chi connectivity index (χ0n) is 7.46. The average molecular weight is 224 g/mol. The van der Waals surface area contributed by atoms with Crippen molar-refractivity contribution in [1.29, 1.82) is 0 Å². The molecule has 15 heavy (non-hydrogen) atoms. The molecule has 76 valence electrons. The van der Waals surface area contributed by atoms with Crippen molar-refractivity contribution in [2.75, 3.05) is 0 Å². The molecule has 7 heteroatoms. The monoisotopic (exact) mass is 224 g/mol. The molecule has 2 N–H and O–H groups in total. The van der Waals surface area contributed by atoms with Crippen LogP contribution in [0.15, 0.2) is 23.2 Å². The second kappa shape index (κ2) is 4.05. The van der Waals surface area contributed by atoms with Gasteiger partial charge in [-0.05, 0) is 0 Å². The van der Waals surface area contributed by atoms with Crippen LogP contribution in [0.3, 0.4) is 0 Å². The van der Waals surface area contributed by atoms with Crippen molar-refractivity contribution in [3.8, 4) is 11.4 Å². The first-order chi connectivity index (χ1) is 7.18. The lowest BCUT2D eigenvalue weighted by Crippen LogP contribution is -2.33. The second-order valence-electron chi connectivity index (χ2n) is 2.84. The van der Waals surface area contributed by atoms with Crippen LogP contribution in [-0.2, 0) is 0 Å². The highest BCUT2D eigenvalue weighted by molar-refractivity contribution is 7.07. The molecule has 2 rings (SSSR count). The van der Waals surface area contributed by atoms with Crippen LogP contribution in [0, 0.1) is 5.82 Å². The summed E-state index contributed by atoms with van der Waals surface area (Å²) >= 11 is 1.38. The van der Waals surface area contributed by atoms with Gasteiger partial charge in [0.2, 0.25) is 0 Å². The van der Waals surface area contributed by atoms with Crippen molar-refractivity contribution >= 4 is 23.9 Å². The molecule has 0 fully saturated rings. The Kier molecular flexibility index (Phi) is 2.76. The maximum Gasteiger partial charge on any atom is 0.493 e. The molecule has 0 atom stereocenters. The van der Waals surface area contributed by atoms with Gasteiger partial charge in [0.25, 0.3) is 0 Å². The summed E-state index contributed by atoms with van der Waals surface area (Å²) in [4.78, 5) is 7.85. The summed E-state index contributed by atoms with van der Waals surface area (Å²) in [5, 5.41) is 19.3. The standard InChI is InChI=1S/C8H6BFN2O2S/c10-6-1-7(8-3-15-4-12-8)11-2-5(6)9(13)14/h1-4,13-14H. The van der Waals surface area contributed by atoms with Gasteiger partial charge in [0.05, 0.1) is 16.9 Å². The summed E-state index contributed by atoms with van der Waals surface area (Å²) in [6.45, 7) is 0. The Bertz CT molecular complexity index is 464. The van der Waals surface area contributed by atoms with Crippen LogP contribution in [-0.4, -0.2) is 27.1 Å². The Balaban J connectivity index is 2.42. The van der Waals surface area contributed by atoms with Gasteiger partial charge in [-0.25, -0.2) is 9.37 Å². The van der Waals surface area contributed by atoms with E-state index in [4.69, 9.17) is 10.0 Å². The Morgan fingerprint density at radius 2 is 2.07 bits per heavy atom. The van der Waals surface area contributed by atoms with E-state index in [-0.39, 0.29) is 5.46 Å². The lowest BCUT2D eigenvalue weighted by Gasteiger charge is -2.02. The van der Waals surface area contributed by atoms with Gasteiger partial charge in [-0.2, -0.15) is 0 Å². The molecular weight excluding hydrogens is 218 g/mol. The third-order valence-corrected chi connectivity index (χ3v) is 2.44. The van der Waals surface area contributed by atoms with Gasteiger partial charge in [-0.1, -0.05) is 0 Å². The summed E-state index contributed by atoms with van der Waals surface area (Å²) in [6, 6.07) is 1.13. The fraction of sp³-hybridized carbons (Fsp3) is 0. The largest absolute Gasteiger partial charge is 0.493 e. The number of rotatable bonds is 2. The molecule has 0 unspecified atom stereocenters. The van der Waals surface area contributed by atoms with Gasteiger partial charge in [-0.15, -0.1) is 11.3 Å². The average Bonchev–Trinajstić information content (AvgIpc) is 2.69. The first-order valence-electron chi connectivity index (χ1n) is 4.08. The third kappa shape index (κ3) is 2.04. The van der Waals surface area contributed by atoms with E-state index in [1.807, 2.05) is 0 Å². The quantitative estimate of drug-likeness (QED) is 0.706. The molecule has 2 heterocycles. The second-order valence-corrected chi connectivity index (χ2v) is 3.56. The predicted molar refractivity (Wildman–Crippen MR) is 55.1 cm³/mol. The molecule has 0 saturated carbocycles. The number of hydrogen-bond acceptors (Lipinski definition) is 5. The fourth-order valence-electron chi connectivity index (χ4n) is 1.11. The van der Waals surface area contributed by atoms with E-state index in [0.717, 1.165) is 12.3 Å². The topological polar surface area (TPSA) is 66.2 Å². The van der Waals surface area contributed by atoms with E-state index in [1.54, 1.807) is 10.9 Å². The number of pyridine rings is 1. The zero-order valence-corrected chi connectivity index (χ0v) is 8.28. The molecule has 2 aromatic heterocycles. The van der Waals surface area contributed by atoms with E-state index in [2.05, 4.69) is 9.97 Å². The Hall–Kier alpha value is -1.31. The Morgan fingerprint density at radius 1 is 1.27 bits per heavy atom. The molecule has 0 spiro atoms. The SMILES string of the molecule is OB(O)c1cnc(-c2cscn2)cc1F. The molecule has 4 nitrogen and oxygen atoms in total. The van der Waals surface area contributed by atoms with Crippen LogP contribution < -0.4 is 5.46 Å². The van der Waals surface area contributed by atoms with Crippen LogP contribution in [0.5, 0.6) is 0 Å². The highest BCUT2D eigenvalue weighted by Crippen LogP contribution is 2.16. The zero-order chi connectivity index (χ0) is 10.8. The van der Waals surface area contributed by atoms with E-state index >= 15 is 0 Å². The highest BCUT2D eigenvalue weighted by Gasteiger charge is 2.17. The molecule has 0 aliphatic rings. The number of halogens is 1. The van der Waals surface area contributed by atoms with Gasteiger partial charge < -0.3 is 10.0 Å². The molecule has 0 saturated heterocycles. The fourth-order valence-corrected chi connectivity index (χ4v) is 1.66. The lowest BCUT2D eigenvalue weighted by molar-refractivity contribution is 0.423. The Labute approximate surface area is 89.2 Å². The predicted octanol–water partition coefficient (Wildman–Crippen LogP) is 0.0240. The molecule has 0 bridgehead atoms. The summed E-state index contributed by atoms with van der Waals surface area (Å²) in [6.07, 6.45) is 1.09. The van der Waals surface area contributed by atoms with Crippen molar-refractivity contribution in [3.05, 3.63) is 29.0 Å². The Morgan fingerprint density at radius 3 is 2.60 bits per heavy atom. The van der Waals surface area contributed by atoms with Crippen molar-refractivity contribution in [2.45, 2.75) is 0 Å². The summed E-state index contributed by atoms with van der Waals surface area (Å²) in [7, 11) is -1.85. The van der Waals surface area contributed by atoms with Gasteiger partial charge >= 0.3 is 7.12 Å². The van der Waals surface area contributed by atoms with Crippen molar-refractivity contribution < 1.29 is 14.4 Å². The normalized spacial score (nSPS) is 10.3. The molecule has 0 amide bonds. The van der Waals surface area contributed by atoms with E-state index in [1.165, 1.54) is 11.3 Å². The molecule has 0 aliphatic heterocycles. The minimum absolute atomic E-state index is 0.242. The third-order valence-electron chi connectivity index (χ3n) is 1.85. The minimum atomic E-state index is -1.85. The van der Waals surface area contributed by atoms with Gasteiger partial charge in [0, 0.05) is 23.1 Å². The van der Waals surface area contributed by atoms with Crippen LogP contribution in [0.25, 0.3) is 11.4 Å². The van der Waals surface area contributed by atoms with Crippen molar-refractivity contribution in [1.82, 2.24) is 9.97 Å². The number of aromatic nitrogens is 2. The summed E-state index contributed by atoms with van der Waals surface area (Å²) in [5.41, 5.74) is 2.31. The van der Waals surface area contributed by atoms with E-state index in [0.29, 0.717) is 11.4 Å². The maximum atomic E-state index is 13.3. The first-order valence-corrected chi connectivity index (χ1v) is 5.03. The molecule has 0 aromatic carbocycles. The van der Waals surface area contributed by atoms with E-state index < -0.39 is 12.9 Å². The summed E-state index contributed by atoms with van der Waals surface area (Å²) in [5.74, 6) is -0.706. The van der Waals surface area contributed by atoms with Crippen LogP contribution in [0.4, 0.5) is 4.39 Å². The van der Waals surface area contributed by atoms with Crippen LogP contribution >= 0.6 is 11.3 Å². The maximum absolute atomic E-state index is 13.3. The highest BCUT2D eigenvalue weighted by atomic mass is 32.1. The molecular formula is C8H6BFN2O2S. The molecule has 0 aliphatic carbocycles. The summed E-state index contributed by atoms with van der Waals surface area (Å²) < 4.78 is 13.3. The first kappa shape index (κ1) is 10.2. The smallest absolute Gasteiger partial charge is 0.423 e. The molecule has 2 aromatic rings.